The fourth-order valence-corrected chi connectivity index (χ4v) is 2.98. The van der Waals surface area contributed by atoms with Gasteiger partial charge in [-0.05, 0) is 18.6 Å². The van der Waals surface area contributed by atoms with Gasteiger partial charge in [-0.1, -0.05) is 39.0 Å². The van der Waals surface area contributed by atoms with Gasteiger partial charge >= 0.3 is 0 Å². The van der Waals surface area contributed by atoms with Gasteiger partial charge in [-0.15, -0.1) is 0 Å². The second-order valence-electron chi connectivity index (χ2n) is 7.58. The summed E-state index contributed by atoms with van der Waals surface area (Å²) in [4.78, 5) is 30.8. The number of rotatable bonds is 5. The molecule has 1 unspecified atom stereocenters. The maximum atomic E-state index is 12.5. The van der Waals surface area contributed by atoms with Crippen molar-refractivity contribution >= 4 is 17.5 Å². The second kappa shape index (κ2) is 7.32. The number of nitrogens with one attached hydrogen (secondary N) is 1. The van der Waals surface area contributed by atoms with Gasteiger partial charge in [0.2, 0.25) is 11.8 Å². The number of oxazole rings is 1. The number of carbonyl (C=O) groups is 2. The highest BCUT2D eigenvalue weighted by atomic mass is 16.4. The standard InChI is InChI=1S/C20H25N3O3/c1-20(2,3)16-13-22-17(26-16)9-11-21-18(24)15-10-12-23(19(15)25)14-7-5-4-6-8-14/h4-8,13,15H,9-12H2,1-3H3,(H,21,24). The van der Waals surface area contributed by atoms with Crippen molar-refractivity contribution in [3.05, 3.63) is 48.2 Å². The van der Waals surface area contributed by atoms with Gasteiger partial charge < -0.3 is 14.6 Å². The van der Waals surface area contributed by atoms with E-state index in [1.165, 1.54) is 0 Å². The summed E-state index contributed by atoms with van der Waals surface area (Å²) in [6, 6.07) is 9.44. The van der Waals surface area contributed by atoms with Gasteiger partial charge in [0.1, 0.15) is 11.7 Å². The summed E-state index contributed by atoms with van der Waals surface area (Å²) in [6.45, 7) is 7.14. The predicted octanol–water partition coefficient (Wildman–Crippen LogP) is 2.68. The van der Waals surface area contributed by atoms with Gasteiger partial charge in [0.15, 0.2) is 5.89 Å². The fraction of sp³-hybridized carbons (Fsp3) is 0.450. The minimum absolute atomic E-state index is 0.0916. The molecule has 3 rings (SSSR count). The number of benzene rings is 1. The van der Waals surface area contributed by atoms with Crippen LogP contribution in [0.2, 0.25) is 0 Å². The lowest BCUT2D eigenvalue weighted by Crippen LogP contribution is -2.37. The Morgan fingerprint density at radius 1 is 1.31 bits per heavy atom. The normalized spacial score (nSPS) is 17.6. The lowest BCUT2D eigenvalue weighted by Gasteiger charge is -2.16. The van der Waals surface area contributed by atoms with Crippen molar-refractivity contribution in [1.82, 2.24) is 10.3 Å². The highest BCUT2D eigenvalue weighted by Crippen LogP contribution is 2.25. The second-order valence-corrected chi connectivity index (χ2v) is 7.58. The summed E-state index contributed by atoms with van der Waals surface area (Å²) in [7, 11) is 0. The van der Waals surface area contributed by atoms with E-state index in [0.717, 1.165) is 11.4 Å². The zero-order chi connectivity index (χ0) is 18.7. The first kappa shape index (κ1) is 18.2. The van der Waals surface area contributed by atoms with Gasteiger partial charge in [0.05, 0.1) is 6.20 Å². The Bertz CT molecular complexity index is 777. The van der Waals surface area contributed by atoms with Crippen LogP contribution in [0.3, 0.4) is 0 Å². The molecule has 0 spiro atoms. The summed E-state index contributed by atoms with van der Waals surface area (Å²) in [6.07, 6.45) is 2.77. The van der Waals surface area contributed by atoms with Crippen LogP contribution in [0, 0.1) is 5.92 Å². The van der Waals surface area contributed by atoms with Gasteiger partial charge in [0.25, 0.3) is 0 Å². The van der Waals surface area contributed by atoms with E-state index < -0.39 is 5.92 Å². The molecule has 1 aliphatic heterocycles. The van der Waals surface area contributed by atoms with Crippen LogP contribution < -0.4 is 10.2 Å². The lowest BCUT2D eigenvalue weighted by atomic mass is 9.94. The van der Waals surface area contributed by atoms with E-state index >= 15 is 0 Å². The van der Waals surface area contributed by atoms with Crippen LogP contribution in [-0.2, 0) is 21.4 Å². The number of hydrogen-bond donors (Lipinski definition) is 1. The molecule has 0 aliphatic carbocycles. The molecule has 0 bridgehead atoms. The molecule has 1 aliphatic rings. The molecule has 26 heavy (non-hydrogen) atoms. The average molecular weight is 355 g/mol. The molecule has 0 radical (unpaired) electrons. The van der Waals surface area contributed by atoms with Crippen molar-refractivity contribution < 1.29 is 14.0 Å². The highest BCUT2D eigenvalue weighted by Gasteiger charge is 2.37. The monoisotopic (exact) mass is 355 g/mol. The lowest BCUT2D eigenvalue weighted by molar-refractivity contribution is -0.132. The molecule has 1 N–H and O–H groups in total. The minimum Gasteiger partial charge on any atom is -0.445 e. The Morgan fingerprint density at radius 3 is 2.69 bits per heavy atom. The van der Waals surface area contributed by atoms with Crippen LogP contribution in [0.15, 0.2) is 40.9 Å². The number of amides is 2. The zero-order valence-electron chi connectivity index (χ0n) is 15.5. The largest absolute Gasteiger partial charge is 0.445 e. The van der Waals surface area contributed by atoms with Crippen molar-refractivity contribution in [3.8, 4) is 0 Å². The molecule has 6 heteroatoms. The van der Waals surface area contributed by atoms with E-state index in [9.17, 15) is 9.59 Å². The quantitative estimate of drug-likeness (QED) is 0.837. The molecule has 1 atom stereocenters. The van der Waals surface area contributed by atoms with Crippen molar-refractivity contribution in [1.29, 1.82) is 0 Å². The van der Waals surface area contributed by atoms with Crippen LogP contribution in [-0.4, -0.2) is 29.9 Å². The van der Waals surface area contributed by atoms with Crippen molar-refractivity contribution in [2.24, 2.45) is 5.92 Å². The van der Waals surface area contributed by atoms with Gasteiger partial charge in [-0.3, -0.25) is 9.59 Å². The molecule has 138 valence electrons. The third kappa shape index (κ3) is 3.95. The van der Waals surface area contributed by atoms with E-state index in [0.29, 0.717) is 31.8 Å². The smallest absolute Gasteiger partial charge is 0.239 e. The number of aromatic nitrogens is 1. The van der Waals surface area contributed by atoms with Crippen molar-refractivity contribution in [3.63, 3.8) is 0 Å². The summed E-state index contributed by atoms with van der Waals surface area (Å²) in [5, 5.41) is 2.84. The zero-order valence-corrected chi connectivity index (χ0v) is 15.5. The number of hydrogen-bond acceptors (Lipinski definition) is 4. The summed E-state index contributed by atoms with van der Waals surface area (Å²) in [5.41, 5.74) is 0.744. The summed E-state index contributed by atoms with van der Waals surface area (Å²) in [5.74, 6) is 0.433. The molecule has 2 amide bonds. The van der Waals surface area contributed by atoms with Crippen LogP contribution >= 0.6 is 0 Å². The number of anilines is 1. The third-order valence-electron chi connectivity index (χ3n) is 4.52. The Kier molecular flexibility index (Phi) is 5.11. The molecule has 1 fully saturated rings. The van der Waals surface area contributed by atoms with E-state index in [1.807, 2.05) is 30.3 Å². The first-order chi connectivity index (χ1) is 12.4. The van der Waals surface area contributed by atoms with E-state index in [-0.39, 0.29) is 17.2 Å². The Morgan fingerprint density at radius 2 is 2.04 bits per heavy atom. The SMILES string of the molecule is CC(C)(C)c1cnc(CCNC(=O)C2CCN(c3ccccc3)C2=O)o1. The Labute approximate surface area is 153 Å². The molecule has 1 aromatic carbocycles. The van der Waals surface area contributed by atoms with Gasteiger partial charge in [-0.25, -0.2) is 4.98 Å². The molecule has 1 aromatic heterocycles. The Hall–Kier alpha value is -2.63. The summed E-state index contributed by atoms with van der Waals surface area (Å²) >= 11 is 0. The van der Waals surface area contributed by atoms with Crippen LogP contribution in [0.25, 0.3) is 0 Å². The van der Waals surface area contributed by atoms with E-state index in [2.05, 4.69) is 31.1 Å². The molecule has 2 aromatic rings. The number of carbonyl (C=O) groups excluding carboxylic acids is 2. The Balaban J connectivity index is 1.51. The molecular formula is C20H25N3O3. The maximum Gasteiger partial charge on any atom is 0.239 e. The first-order valence-electron chi connectivity index (χ1n) is 8.95. The molecular weight excluding hydrogens is 330 g/mol. The van der Waals surface area contributed by atoms with Crippen LogP contribution in [0.1, 0.15) is 38.8 Å². The molecule has 6 nitrogen and oxygen atoms in total. The predicted molar refractivity (Wildman–Crippen MR) is 98.8 cm³/mol. The molecule has 2 heterocycles. The van der Waals surface area contributed by atoms with Crippen LogP contribution in [0.4, 0.5) is 5.69 Å². The van der Waals surface area contributed by atoms with Crippen molar-refractivity contribution in [2.45, 2.75) is 39.0 Å². The fourth-order valence-electron chi connectivity index (χ4n) is 2.98. The van der Waals surface area contributed by atoms with Gasteiger partial charge in [-0.2, -0.15) is 0 Å². The summed E-state index contributed by atoms with van der Waals surface area (Å²) < 4.78 is 5.71. The number of para-hydroxylation sites is 1. The molecule has 0 saturated carbocycles. The van der Waals surface area contributed by atoms with E-state index in [1.54, 1.807) is 11.1 Å². The average Bonchev–Trinajstić information content (AvgIpc) is 3.22. The first-order valence-corrected chi connectivity index (χ1v) is 8.95. The molecule has 1 saturated heterocycles. The van der Waals surface area contributed by atoms with E-state index in [4.69, 9.17) is 4.42 Å². The van der Waals surface area contributed by atoms with Crippen LogP contribution in [0.5, 0.6) is 0 Å². The maximum absolute atomic E-state index is 12.5. The number of nitrogens with zero attached hydrogens (tertiary/aromatic N) is 2. The highest BCUT2D eigenvalue weighted by molar-refractivity contribution is 6.09. The third-order valence-corrected chi connectivity index (χ3v) is 4.52. The minimum atomic E-state index is -0.620. The topological polar surface area (TPSA) is 75.4 Å². The van der Waals surface area contributed by atoms with Crippen molar-refractivity contribution in [2.75, 3.05) is 18.0 Å². The van der Waals surface area contributed by atoms with Gasteiger partial charge in [0, 0.05) is 30.6 Å².